The van der Waals surface area contributed by atoms with E-state index in [1.165, 1.54) is 17.5 Å². The number of carbonyl (C=O) groups is 1. The zero-order valence-electron chi connectivity index (χ0n) is 7.91. The summed E-state index contributed by atoms with van der Waals surface area (Å²) in [7, 11) is 0. The fourth-order valence-corrected chi connectivity index (χ4v) is 2.17. The van der Waals surface area contributed by atoms with E-state index in [0.29, 0.717) is 20.9 Å². The molecule has 6 heteroatoms. The van der Waals surface area contributed by atoms with E-state index in [4.69, 9.17) is 11.6 Å². The SMILES string of the molecule is O=C(Nc1cnc(Cl)c(Br)c1)c1ccsc1. The van der Waals surface area contributed by atoms with E-state index in [9.17, 15) is 4.79 Å². The van der Waals surface area contributed by atoms with E-state index in [1.807, 2.05) is 5.38 Å². The molecule has 0 atom stereocenters. The standard InChI is InChI=1S/C10H6BrClN2OS/c11-8-3-7(4-13-9(8)12)14-10(15)6-1-2-16-5-6/h1-5H,(H,14,15). The number of thiophene rings is 1. The predicted molar refractivity (Wildman–Crippen MR) is 69.2 cm³/mol. The summed E-state index contributed by atoms with van der Waals surface area (Å²) in [5, 5.41) is 6.74. The molecule has 0 saturated heterocycles. The van der Waals surface area contributed by atoms with Crippen LogP contribution in [0.15, 0.2) is 33.6 Å². The minimum atomic E-state index is -0.155. The average molecular weight is 318 g/mol. The van der Waals surface area contributed by atoms with Crippen molar-refractivity contribution in [3.05, 3.63) is 44.3 Å². The summed E-state index contributed by atoms with van der Waals surface area (Å²) in [5.41, 5.74) is 1.24. The molecule has 0 aliphatic rings. The number of nitrogens with zero attached hydrogens (tertiary/aromatic N) is 1. The van der Waals surface area contributed by atoms with Crippen LogP contribution in [0.5, 0.6) is 0 Å². The Labute approximate surface area is 110 Å². The van der Waals surface area contributed by atoms with Gasteiger partial charge in [-0.1, -0.05) is 11.6 Å². The van der Waals surface area contributed by atoms with Crippen LogP contribution < -0.4 is 5.32 Å². The Balaban J connectivity index is 2.15. The van der Waals surface area contributed by atoms with Crippen molar-refractivity contribution in [3.8, 4) is 0 Å². The van der Waals surface area contributed by atoms with Gasteiger partial charge in [0.2, 0.25) is 0 Å². The number of pyridine rings is 1. The van der Waals surface area contributed by atoms with Gasteiger partial charge in [0, 0.05) is 5.38 Å². The van der Waals surface area contributed by atoms with Gasteiger partial charge in [0.1, 0.15) is 5.15 Å². The zero-order valence-corrected chi connectivity index (χ0v) is 11.1. The van der Waals surface area contributed by atoms with Gasteiger partial charge in [-0.05, 0) is 33.4 Å². The molecule has 0 aliphatic carbocycles. The number of aromatic nitrogens is 1. The van der Waals surface area contributed by atoms with Crippen LogP contribution >= 0.6 is 38.9 Å². The first kappa shape index (κ1) is 11.6. The molecule has 2 heterocycles. The van der Waals surface area contributed by atoms with E-state index in [-0.39, 0.29) is 5.91 Å². The molecule has 1 N–H and O–H groups in total. The van der Waals surface area contributed by atoms with Gasteiger partial charge in [0.25, 0.3) is 5.91 Å². The van der Waals surface area contributed by atoms with Crippen LogP contribution in [0.1, 0.15) is 10.4 Å². The van der Waals surface area contributed by atoms with Crippen LogP contribution in [0.4, 0.5) is 5.69 Å². The minimum absolute atomic E-state index is 0.155. The highest BCUT2D eigenvalue weighted by Crippen LogP contribution is 2.23. The van der Waals surface area contributed by atoms with Gasteiger partial charge in [-0.3, -0.25) is 4.79 Å². The van der Waals surface area contributed by atoms with Crippen molar-refractivity contribution in [2.24, 2.45) is 0 Å². The van der Waals surface area contributed by atoms with E-state index < -0.39 is 0 Å². The van der Waals surface area contributed by atoms with Crippen LogP contribution in [-0.4, -0.2) is 10.9 Å². The van der Waals surface area contributed by atoms with Crippen molar-refractivity contribution in [1.29, 1.82) is 0 Å². The van der Waals surface area contributed by atoms with E-state index in [2.05, 4.69) is 26.2 Å². The Bertz CT molecular complexity index is 516. The van der Waals surface area contributed by atoms with Crippen molar-refractivity contribution in [2.45, 2.75) is 0 Å². The third-order valence-corrected chi connectivity index (χ3v) is 3.65. The largest absolute Gasteiger partial charge is 0.321 e. The van der Waals surface area contributed by atoms with Gasteiger partial charge in [0.05, 0.1) is 21.9 Å². The smallest absolute Gasteiger partial charge is 0.256 e. The number of hydrogen-bond acceptors (Lipinski definition) is 3. The molecule has 0 saturated carbocycles. The highest BCUT2D eigenvalue weighted by atomic mass is 79.9. The zero-order chi connectivity index (χ0) is 11.5. The fourth-order valence-electron chi connectivity index (χ4n) is 1.09. The highest BCUT2D eigenvalue weighted by molar-refractivity contribution is 9.10. The summed E-state index contributed by atoms with van der Waals surface area (Å²) < 4.78 is 0.650. The van der Waals surface area contributed by atoms with Crippen molar-refractivity contribution >= 4 is 50.5 Å². The molecular formula is C10H6BrClN2OS. The lowest BCUT2D eigenvalue weighted by Crippen LogP contribution is -2.10. The lowest BCUT2D eigenvalue weighted by atomic mass is 10.3. The maximum Gasteiger partial charge on any atom is 0.256 e. The number of anilines is 1. The van der Waals surface area contributed by atoms with Gasteiger partial charge >= 0.3 is 0 Å². The number of nitrogens with one attached hydrogen (secondary N) is 1. The Morgan fingerprint density at radius 2 is 2.38 bits per heavy atom. The topological polar surface area (TPSA) is 42.0 Å². The van der Waals surface area contributed by atoms with E-state index in [1.54, 1.807) is 17.5 Å². The van der Waals surface area contributed by atoms with Crippen molar-refractivity contribution in [3.63, 3.8) is 0 Å². The summed E-state index contributed by atoms with van der Waals surface area (Å²) in [4.78, 5) is 15.6. The molecule has 1 amide bonds. The van der Waals surface area contributed by atoms with Gasteiger partial charge in [-0.25, -0.2) is 4.98 Å². The second-order valence-electron chi connectivity index (χ2n) is 2.96. The molecule has 2 rings (SSSR count). The lowest BCUT2D eigenvalue weighted by molar-refractivity contribution is 0.102. The lowest BCUT2D eigenvalue weighted by Gasteiger charge is -2.04. The monoisotopic (exact) mass is 316 g/mol. The molecule has 16 heavy (non-hydrogen) atoms. The predicted octanol–water partition coefficient (Wildman–Crippen LogP) is 3.81. The second kappa shape index (κ2) is 4.95. The summed E-state index contributed by atoms with van der Waals surface area (Å²) in [6.45, 7) is 0. The summed E-state index contributed by atoms with van der Waals surface area (Å²) in [6, 6.07) is 3.47. The molecule has 0 aromatic carbocycles. The molecule has 82 valence electrons. The average Bonchev–Trinajstić information content (AvgIpc) is 2.77. The molecule has 2 aromatic heterocycles. The van der Waals surface area contributed by atoms with Crippen LogP contribution in [0.2, 0.25) is 5.15 Å². The molecule has 0 fully saturated rings. The first-order valence-electron chi connectivity index (χ1n) is 4.31. The summed E-state index contributed by atoms with van der Waals surface area (Å²) in [6.07, 6.45) is 1.51. The van der Waals surface area contributed by atoms with Gasteiger partial charge < -0.3 is 5.32 Å². The second-order valence-corrected chi connectivity index (χ2v) is 4.96. The maximum absolute atomic E-state index is 11.7. The van der Waals surface area contributed by atoms with Crippen LogP contribution in [-0.2, 0) is 0 Å². The Kier molecular flexibility index (Phi) is 3.58. The normalized spacial score (nSPS) is 10.1. The quantitative estimate of drug-likeness (QED) is 0.856. The molecule has 0 aliphatic heterocycles. The molecule has 0 bridgehead atoms. The third-order valence-electron chi connectivity index (χ3n) is 1.84. The van der Waals surface area contributed by atoms with Crippen LogP contribution in [0, 0.1) is 0 Å². The van der Waals surface area contributed by atoms with Crippen molar-refractivity contribution in [2.75, 3.05) is 5.32 Å². The molecular weight excluding hydrogens is 312 g/mol. The van der Waals surface area contributed by atoms with Crippen LogP contribution in [0.25, 0.3) is 0 Å². The maximum atomic E-state index is 11.7. The third kappa shape index (κ3) is 2.61. The van der Waals surface area contributed by atoms with Gasteiger partial charge in [-0.2, -0.15) is 11.3 Å². The molecule has 0 unspecified atom stereocenters. The van der Waals surface area contributed by atoms with Crippen LogP contribution in [0.3, 0.4) is 0 Å². The highest BCUT2D eigenvalue weighted by Gasteiger charge is 2.07. The Hall–Kier alpha value is -0.910. The molecule has 0 radical (unpaired) electrons. The van der Waals surface area contributed by atoms with Crippen molar-refractivity contribution in [1.82, 2.24) is 4.98 Å². The van der Waals surface area contributed by atoms with Crippen molar-refractivity contribution < 1.29 is 4.79 Å². The minimum Gasteiger partial charge on any atom is -0.321 e. The summed E-state index contributed by atoms with van der Waals surface area (Å²) in [5.74, 6) is -0.155. The Morgan fingerprint density at radius 3 is 3.00 bits per heavy atom. The first-order chi connectivity index (χ1) is 7.66. The Morgan fingerprint density at radius 1 is 1.56 bits per heavy atom. The molecule has 3 nitrogen and oxygen atoms in total. The molecule has 2 aromatic rings. The van der Waals surface area contributed by atoms with Gasteiger partial charge in [0.15, 0.2) is 0 Å². The summed E-state index contributed by atoms with van der Waals surface area (Å²) >= 11 is 10.5. The fraction of sp³-hybridized carbons (Fsp3) is 0. The van der Waals surface area contributed by atoms with E-state index in [0.717, 1.165) is 0 Å². The number of carbonyl (C=O) groups excluding carboxylic acids is 1. The number of amides is 1. The van der Waals surface area contributed by atoms with Gasteiger partial charge in [-0.15, -0.1) is 0 Å². The first-order valence-corrected chi connectivity index (χ1v) is 6.43. The molecule has 0 spiro atoms. The number of halogens is 2. The number of hydrogen-bond donors (Lipinski definition) is 1. The van der Waals surface area contributed by atoms with E-state index >= 15 is 0 Å². The number of rotatable bonds is 2.